The zero-order valence-electron chi connectivity index (χ0n) is 12.2. The predicted octanol–water partition coefficient (Wildman–Crippen LogP) is 3.21. The first-order valence-corrected chi connectivity index (χ1v) is 9.13. The highest BCUT2D eigenvalue weighted by molar-refractivity contribution is 8.00. The Kier molecular flexibility index (Phi) is 6.28. The van der Waals surface area contributed by atoms with Crippen LogP contribution in [0.1, 0.15) is 11.1 Å². The van der Waals surface area contributed by atoms with Gasteiger partial charge in [0.05, 0.1) is 5.75 Å². The second-order valence-electron chi connectivity index (χ2n) is 4.51. The van der Waals surface area contributed by atoms with Crippen molar-refractivity contribution in [3.63, 3.8) is 0 Å². The third-order valence-electron chi connectivity index (χ3n) is 2.85. The lowest BCUT2D eigenvalue weighted by atomic mass is 10.1. The SMILES string of the molecule is CSc1nc(N)nc(SCC(=O)Cc2ccc(Cl)cc2)c1C#N. The van der Waals surface area contributed by atoms with Crippen molar-refractivity contribution in [3.8, 4) is 6.07 Å². The van der Waals surface area contributed by atoms with Gasteiger partial charge in [0.15, 0.2) is 0 Å². The summed E-state index contributed by atoms with van der Waals surface area (Å²) < 4.78 is 0. The van der Waals surface area contributed by atoms with Crippen LogP contribution in [0.2, 0.25) is 5.02 Å². The molecule has 1 aromatic carbocycles. The Morgan fingerprint density at radius 3 is 2.57 bits per heavy atom. The summed E-state index contributed by atoms with van der Waals surface area (Å²) in [6.45, 7) is 0. The van der Waals surface area contributed by atoms with Crippen molar-refractivity contribution in [2.45, 2.75) is 16.5 Å². The fourth-order valence-electron chi connectivity index (χ4n) is 1.81. The molecule has 2 aromatic rings. The number of thioether (sulfide) groups is 2. The molecular formula is C15H13ClN4OS2. The maximum atomic E-state index is 12.1. The number of hydrogen-bond donors (Lipinski definition) is 1. The van der Waals surface area contributed by atoms with Gasteiger partial charge in [-0.15, -0.1) is 11.8 Å². The van der Waals surface area contributed by atoms with Crippen LogP contribution in [-0.2, 0) is 11.2 Å². The molecule has 118 valence electrons. The highest BCUT2D eigenvalue weighted by Gasteiger charge is 2.15. The fourth-order valence-corrected chi connectivity index (χ4v) is 3.38. The van der Waals surface area contributed by atoms with Crippen LogP contribution in [0.3, 0.4) is 0 Å². The standard InChI is InChI=1S/C15H13ClN4OS2/c1-22-13-12(7-17)14(20-15(18)19-13)23-8-11(21)6-9-2-4-10(16)5-3-9/h2-5H,6,8H2,1H3,(H2,18,19,20). The fraction of sp³-hybridized carbons (Fsp3) is 0.200. The van der Waals surface area contributed by atoms with Gasteiger partial charge in [0.1, 0.15) is 27.5 Å². The van der Waals surface area contributed by atoms with E-state index in [2.05, 4.69) is 16.0 Å². The number of nitrogens with zero attached hydrogens (tertiary/aromatic N) is 3. The number of benzene rings is 1. The Morgan fingerprint density at radius 2 is 1.96 bits per heavy atom. The zero-order chi connectivity index (χ0) is 16.8. The minimum atomic E-state index is 0.0316. The van der Waals surface area contributed by atoms with Crippen LogP contribution in [0.5, 0.6) is 0 Å². The smallest absolute Gasteiger partial charge is 0.222 e. The number of nitrogen functional groups attached to an aromatic ring is 1. The van der Waals surface area contributed by atoms with Gasteiger partial charge in [-0.1, -0.05) is 35.5 Å². The van der Waals surface area contributed by atoms with E-state index in [1.54, 1.807) is 12.1 Å². The summed E-state index contributed by atoms with van der Waals surface area (Å²) in [5.74, 6) is 0.340. The molecule has 5 nitrogen and oxygen atoms in total. The summed E-state index contributed by atoms with van der Waals surface area (Å²) in [7, 11) is 0. The number of aromatic nitrogens is 2. The first-order valence-electron chi connectivity index (χ1n) is 6.54. The molecule has 23 heavy (non-hydrogen) atoms. The molecule has 0 aliphatic carbocycles. The molecule has 0 bridgehead atoms. The van der Waals surface area contributed by atoms with Crippen molar-refractivity contribution < 1.29 is 4.79 Å². The molecule has 0 amide bonds. The summed E-state index contributed by atoms with van der Waals surface area (Å²) in [5.41, 5.74) is 6.90. The number of anilines is 1. The molecular weight excluding hydrogens is 352 g/mol. The Labute approximate surface area is 147 Å². The van der Waals surface area contributed by atoms with E-state index in [0.29, 0.717) is 27.1 Å². The number of Topliss-reactive ketones (excluding diaryl/α,β-unsaturated/α-hetero) is 1. The van der Waals surface area contributed by atoms with Crippen molar-refractivity contribution in [2.75, 3.05) is 17.7 Å². The van der Waals surface area contributed by atoms with Gasteiger partial charge < -0.3 is 5.73 Å². The summed E-state index contributed by atoms with van der Waals surface area (Å²) in [6.07, 6.45) is 2.12. The van der Waals surface area contributed by atoms with Crippen LogP contribution in [0.15, 0.2) is 34.3 Å². The molecule has 0 aliphatic heterocycles. The van der Waals surface area contributed by atoms with Crippen LogP contribution in [0, 0.1) is 11.3 Å². The van der Waals surface area contributed by atoms with E-state index in [9.17, 15) is 10.1 Å². The third kappa shape index (κ3) is 4.86. The van der Waals surface area contributed by atoms with E-state index in [4.69, 9.17) is 17.3 Å². The van der Waals surface area contributed by atoms with Gasteiger partial charge in [-0.3, -0.25) is 4.79 Å². The monoisotopic (exact) mass is 364 g/mol. The number of nitrogens with two attached hydrogens (primary N) is 1. The van der Waals surface area contributed by atoms with Gasteiger partial charge in [0.2, 0.25) is 5.95 Å². The van der Waals surface area contributed by atoms with Gasteiger partial charge in [-0.2, -0.15) is 5.26 Å². The van der Waals surface area contributed by atoms with E-state index in [1.165, 1.54) is 23.5 Å². The number of carbonyl (C=O) groups excluding carboxylic acids is 1. The minimum absolute atomic E-state index is 0.0316. The van der Waals surface area contributed by atoms with E-state index in [1.807, 2.05) is 18.4 Å². The van der Waals surface area contributed by atoms with Crippen LogP contribution >= 0.6 is 35.1 Å². The minimum Gasteiger partial charge on any atom is -0.368 e. The highest BCUT2D eigenvalue weighted by atomic mass is 35.5. The van der Waals surface area contributed by atoms with E-state index in [0.717, 1.165) is 5.56 Å². The molecule has 2 rings (SSSR count). The number of hydrogen-bond acceptors (Lipinski definition) is 7. The normalized spacial score (nSPS) is 10.3. The molecule has 8 heteroatoms. The van der Waals surface area contributed by atoms with E-state index in [-0.39, 0.29) is 17.5 Å². The topological polar surface area (TPSA) is 92.7 Å². The highest BCUT2D eigenvalue weighted by Crippen LogP contribution is 2.27. The van der Waals surface area contributed by atoms with Crippen molar-refractivity contribution in [1.29, 1.82) is 5.26 Å². The van der Waals surface area contributed by atoms with Gasteiger partial charge in [-0.05, 0) is 24.0 Å². The van der Waals surface area contributed by atoms with Crippen molar-refractivity contribution >= 4 is 46.9 Å². The number of nitriles is 1. The summed E-state index contributed by atoms with van der Waals surface area (Å²) in [4.78, 5) is 20.2. The summed E-state index contributed by atoms with van der Waals surface area (Å²) >= 11 is 8.34. The Hall–Kier alpha value is -1.75. The first kappa shape index (κ1) is 17.6. The predicted molar refractivity (Wildman–Crippen MR) is 93.8 cm³/mol. The van der Waals surface area contributed by atoms with Gasteiger partial charge in [0, 0.05) is 11.4 Å². The Morgan fingerprint density at radius 1 is 1.30 bits per heavy atom. The second kappa shape index (κ2) is 8.20. The molecule has 0 unspecified atom stereocenters. The van der Waals surface area contributed by atoms with Crippen molar-refractivity contribution in [3.05, 3.63) is 40.4 Å². The molecule has 2 N–H and O–H groups in total. The summed E-state index contributed by atoms with van der Waals surface area (Å²) in [6, 6.07) is 9.21. The molecule has 0 spiro atoms. The van der Waals surface area contributed by atoms with Crippen molar-refractivity contribution in [1.82, 2.24) is 9.97 Å². The first-order chi connectivity index (χ1) is 11.0. The molecule has 1 aromatic heterocycles. The second-order valence-corrected chi connectivity index (χ2v) is 6.71. The zero-order valence-corrected chi connectivity index (χ0v) is 14.6. The molecule has 0 atom stereocenters. The largest absolute Gasteiger partial charge is 0.368 e. The lowest BCUT2D eigenvalue weighted by Crippen LogP contribution is -2.07. The quantitative estimate of drug-likeness (QED) is 0.621. The van der Waals surface area contributed by atoms with Crippen molar-refractivity contribution in [2.24, 2.45) is 0 Å². The van der Waals surface area contributed by atoms with Crippen LogP contribution in [0.25, 0.3) is 0 Å². The number of ketones is 1. The molecule has 0 saturated carbocycles. The molecule has 0 saturated heterocycles. The molecule has 0 fully saturated rings. The van der Waals surface area contributed by atoms with E-state index >= 15 is 0 Å². The van der Waals surface area contributed by atoms with Gasteiger partial charge in [-0.25, -0.2) is 9.97 Å². The van der Waals surface area contributed by atoms with Gasteiger partial charge in [0.25, 0.3) is 0 Å². The van der Waals surface area contributed by atoms with Crippen LogP contribution in [-0.4, -0.2) is 27.8 Å². The third-order valence-corrected chi connectivity index (χ3v) is 4.82. The molecule has 1 heterocycles. The lowest BCUT2D eigenvalue weighted by Gasteiger charge is -2.07. The molecule has 0 aliphatic rings. The average molecular weight is 365 g/mol. The van der Waals surface area contributed by atoms with Crippen LogP contribution in [0.4, 0.5) is 5.95 Å². The number of carbonyl (C=O) groups is 1. The van der Waals surface area contributed by atoms with E-state index < -0.39 is 0 Å². The summed E-state index contributed by atoms with van der Waals surface area (Å²) in [5, 5.41) is 10.8. The maximum Gasteiger partial charge on any atom is 0.222 e. The average Bonchev–Trinajstić information content (AvgIpc) is 2.54. The number of rotatable bonds is 6. The Bertz CT molecular complexity index is 759. The number of halogens is 1. The molecule has 0 radical (unpaired) electrons. The maximum absolute atomic E-state index is 12.1. The van der Waals surface area contributed by atoms with Crippen LogP contribution < -0.4 is 5.73 Å². The van der Waals surface area contributed by atoms with Gasteiger partial charge >= 0.3 is 0 Å². The lowest BCUT2D eigenvalue weighted by molar-refractivity contribution is -0.116. The Balaban J connectivity index is 2.05.